The van der Waals surface area contributed by atoms with Crippen molar-refractivity contribution in [2.45, 2.75) is 26.2 Å². The van der Waals surface area contributed by atoms with Crippen LogP contribution in [0.4, 0.5) is 0 Å². The Kier molecular flexibility index (Phi) is 11.0. The van der Waals surface area contributed by atoms with Crippen LogP contribution in [-0.2, 0) is 24.8 Å². The van der Waals surface area contributed by atoms with Crippen LogP contribution in [-0.4, -0.2) is 23.3 Å². The molecule has 0 saturated carbocycles. The Balaban J connectivity index is 0.892. The minimum atomic E-state index is -0.0582. The summed E-state index contributed by atoms with van der Waals surface area (Å²) in [6, 6.07) is 91.1. The molecule has 0 fully saturated rings. The molecule has 9 heteroatoms. The summed E-state index contributed by atoms with van der Waals surface area (Å²) in [4.78, 5) is 4.92. The third-order valence-electron chi connectivity index (χ3n) is 16.9. The number of benzene rings is 11. The molecule has 0 radical (unpaired) electrons. The number of pyridine rings is 1. The molecule has 6 heterocycles. The van der Waals surface area contributed by atoms with Crippen LogP contribution in [0.1, 0.15) is 26.3 Å². The van der Waals surface area contributed by atoms with Crippen LogP contribution in [0.25, 0.3) is 144 Å². The molecule has 11 aromatic carbocycles. The van der Waals surface area contributed by atoms with Gasteiger partial charge in [-0.15, -0.1) is 0 Å². The van der Waals surface area contributed by atoms with E-state index in [0.717, 1.165) is 137 Å². The van der Waals surface area contributed by atoms with E-state index >= 15 is 0 Å². The fourth-order valence-corrected chi connectivity index (χ4v) is 14.0. The van der Waals surface area contributed by atoms with Gasteiger partial charge in [0.15, 0.2) is 0 Å². The summed E-state index contributed by atoms with van der Waals surface area (Å²) in [6.07, 6.45) is 1.90. The van der Waals surface area contributed by atoms with Crippen LogP contribution >= 0.6 is 0 Å². The Bertz CT molecular complexity index is 5490. The Morgan fingerprint density at radius 2 is 0.906 bits per heavy atom. The Morgan fingerprint density at radius 1 is 0.412 bits per heavy atom. The predicted octanol–water partition coefficient (Wildman–Crippen LogP) is 19.9. The van der Waals surface area contributed by atoms with Crippen molar-refractivity contribution in [3.63, 3.8) is 0 Å². The molecule has 17 rings (SSSR count). The van der Waals surface area contributed by atoms with Crippen LogP contribution < -0.4 is 4.74 Å². The van der Waals surface area contributed by atoms with Gasteiger partial charge in [0.05, 0.1) is 0 Å². The molecule has 408 valence electrons. The van der Waals surface area contributed by atoms with E-state index < -0.39 is 0 Å². The molecule has 0 spiro atoms. The van der Waals surface area contributed by atoms with Gasteiger partial charge in [-0.2, -0.15) is 0 Å². The first-order valence-electron chi connectivity index (χ1n) is 28.5. The molecule has 0 bridgehead atoms. The first-order valence-corrected chi connectivity index (χ1v) is 29.6. The molecule has 0 saturated heterocycles. The van der Waals surface area contributed by atoms with Gasteiger partial charge in [-0.25, -0.2) is 0 Å². The van der Waals surface area contributed by atoms with Gasteiger partial charge >= 0.3 is 446 Å². The average Bonchev–Trinajstić information content (AvgIpc) is 2.49. The summed E-state index contributed by atoms with van der Waals surface area (Å²) in [5.41, 5.74) is 17.5. The van der Waals surface area contributed by atoms with Crippen LogP contribution in [0.15, 0.2) is 252 Å². The zero-order chi connectivity index (χ0) is 56.7. The second-order valence-corrected chi connectivity index (χ2v) is 23.9. The minimum absolute atomic E-state index is 0.0582. The van der Waals surface area contributed by atoms with Crippen LogP contribution in [0.2, 0.25) is 0 Å². The number of nitrogens with zero attached hydrogens (tertiary/aromatic N) is 5. The molecule has 0 aliphatic rings. The summed E-state index contributed by atoms with van der Waals surface area (Å²) < 4.78 is 30.5. The second-order valence-electron chi connectivity index (χ2n) is 22.9. The van der Waals surface area contributed by atoms with Gasteiger partial charge in [0, 0.05) is 6.20 Å². The van der Waals surface area contributed by atoms with Gasteiger partial charge in [0.1, 0.15) is 0 Å². The van der Waals surface area contributed by atoms with Gasteiger partial charge < -0.3 is 0 Å². The zero-order valence-corrected chi connectivity index (χ0v) is 48.6. The van der Waals surface area contributed by atoms with E-state index in [9.17, 15) is 0 Å². The summed E-state index contributed by atoms with van der Waals surface area (Å²) in [5.74, 6) is 1.96. The fourth-order valence-electron chi connectivity index (χ4n) is 12.9. The number of fused-ring (bicyclic) bond motifs is 13. The number of hydrogen-bond acceptors (Lipinski definition) is 4. The standard InChI is InChI=1S/C76H49N5O3.Pt/c1-76(2,3)49-37-38-77-74(41-49)81-66-26-11-6-21-56(66)57-36-33-53(45-69(57)81)82-52-18-16-17-50(42-52)78-46-79(68-28-13-12-27-67(68)78)75-62(47-31-34-60-58-22-7-14-29-70(58)83-72(60)39-47)43-51(80-64-24-9-4-19-54(64)55-20-5-10-25-65(55)80)44-63(75)48-32-35-61-59-23-8-15-30-71(59)84-73(61)40-48;/h4-41,43-44H,1-3H3;/q-2;. The molecule has 0 unspecified atom stereocenters. The van der Waals surface area contributed by atoms with Crippen molar-refractivity contribution in [2.75, 3.05) is 0 Å². The van der Waals surface area contributed by atoms with Crippen LogP contribution in [0.5, 0.6) is 11.5 Å². The summed E-state index contributed by atoms with van der Waals surface area (Å²) in [7, 11) is 0. The number of aromatic nitrogens is 5. The summed E-state index contributed by atoms with van der Waals surface area (Å²) in [5, 5.41) is 8.86. The number of para-hydroxylation sites is 7. The molecule has 0 aliphatic heterocycles. The van der Waals surface area contributed by atoms with Crippen molar-refractivity contribution in [3.8, 4) is 56.6 Å². The molecule has 0 aliphatic carbocycles. The number of ether oxygens (including phenoxy) is 1. The van der Waals surface area contributed by atoms with Crippen LogP contribution in [0, 0.1) is 15.9 Å². The Labute approximate surface area is 498 Å². The third-order valence-corrected chi connectivity index (χ3v) is 17.9. The van der Waals surface area contributed by atoms with E-state index in [2.05, 4.69) is 265 Å². The molecular formula is C76H49N5O3Pt-2. The topological polar surface area (TPSA) is 68.1 Å². The van der Waals surface area contributed by atoms with E-state index in [1.807, 2.05) is 48.7 Å². The Morgan fingerprint density at radius 3 is 1.51 bits per heavy atom. The molecule has 8 nitrogen and oxygen atoms in total. The van der Waals surface area contributed by atoms with E-state index in [4.69, 9.17) is 18.6 Å². The number of rotatable bonds is 8. The van der Waals surface area contributed by atoms with Crippen molar-refractivity contribution in [2.24, 2.45) is 0 Å². The van der Waals surface area contributed by atoms with E-state index in [-0.39, 0.29) is 5.41 Å². The van der Waals surface area contributed by atoms with Gasteiger partial charge in [0.25, 0.3) is 0 Å². The first-order chi connectivity index (χ1) is 41.7. The quantitative estimate of drug-likeness (QED) is 0.142. The molecule has 17 aromatic rings. The van der Waals surface area contributed by atoms with Gasteiger partial charge in [-0.05, 0) is 17.0 Å². The molecule has 85 heavy (non-hydrogen) atoms. The molecular weight excluding hydrogens is 1230 g/mol. The SMILES string of the molecule is CC(C)(C)c1ccnc(-n2c3[c-]c(Oc4[c-]c(-n5[c](=[Pt])n(-c6c(-c7ccc8c(c7)oc7ccccc78)cc(-n7c8ccccc8c8ccccc87)cc6-c6ccc7c(c6)oc6ccccc67)c6ccccc65)ccc4)ccc3c3ccccc32)c1. The molecule has 0 N–H and O–H groups in total. The Hall–Kier alpha value is -10.3. The molecule has 0 atom stereocenters. The fraction of sp³-hybridized carbons (Fsp3) is 0.0526. The van der Waals surface area contributed by atoms with Crippen LogP contribution in [0.3, 0.4) is 0 Å². The summed E-state index contributed by atoms with van der Waals surface area (Å²) in [6.45, 7) is 6.68. The average molecular weight is 1280 g/mol. The molecule has 0 amide bonds. The maximum atomic E-state index is 6.85. The first kappa shape index (κ1) is 49.3. The van der Waals surface area contributed by atoms with Crippen molar-refractivity contribution < 1.29 is 32.9 Å². The number of hydrogen-bond donors (Lipinski definition) is 0. The van der Waals surface area contributed by atoms with E-state index in [0.29, 0.717) is 11.5 Å². The van der Waals surface area contributed by atoms with Gasteiger partial charge in [-0.3, -0.25) is 0 Å². The normalized spacial score (nSPS) is 12.2. The maximum absolute atomic E-state index is 6.85. The summed E-state index contributed by atoms with van der Waals surface area (Å²) >= 11 is 2.51. The number of imidazole rings is 1. The van der Waals surface area contributed by atoms with E-state index in [1.54, 1.807) is 0 Å². The second kappa shape index (κ2) is 18.9. The van der Waals surface area contributed by atoms with Gasteiger partial charge in [0.2, 0.25) is 0 Å². The van der Waals surface area contributed by atoms with E-state index in [1.165, 1.54) is 16.3 Å². The van der Waals surface area contributed by atoms with Crippen molar-refractivity contribution in [3.05, 3.63) is 264 Å². The third kappa shape index (κ3) is 7.79. The molecule has 6 aromatic heterocycles. The monoisotopic (exact) mass is 1270 g/mol. The number of furan rings is 2. The van der Waals surface area contributed by atoms with Gasteiger partial charge in [-0.1, -0.05) is 32.9 Å². The van der Waals surface area contributed by atoms with Crippen molar-refractivity contribution in [1.29, 1.82) is 0 Å². The van der Waals surface area contributed by atoms with Crippen molar-refractivity contribution in [1.82, 2.24) is 23.3 Å². The zero-order valence-electron chi connectivity index (χ0n) is 46.4. The van der Waals surface area contributed by atoms with Crippen molar-refractivity contribution >= 4 is 98.5 Å². The predicted molar refractivity (Wildman–Crippen MR) is 341 cm³/mol.